The summed E-state index contributed by atoms with van der Waals surface area (Å²) in [6.07, 6.45) is 0.287. The Morgan fingerprint density at radius 1 is 1.35 bits per heavy atom. The highest BCUT2D eigenvalue weighted by Crippen LogP contribution is 2.40. The van der Waals surface area contributed by atoms with Crippen LogP contribution < -0.4 is 0 Å². The van der Waals surface area contributed by atoms with Crippen molar-refractivity contribution in [3.8, 4) is 0 Å². The van der Waals surface area contributed by atoms with Crippen LogP contribution in [-0.4, -0.2) is 43.8 Å². The van der Waals surface area contributed by atoms with E-state index >= 15 is 0 Å². The highest BCUT2D eigenvalue weighted by molar-refractivity contribution is 5.94. The third kappa shape index (κ3) is 4.03. The average Bonchev–Trinajstić information content (AvgIpc) is 3.39. The number of fused-ring (bicyclic) bond motifs is 1. The molecule has 0 aromatic carbocycles. The van der Waals surface area contributed by atoms with Crippen molar-refractivity contribution < 1.29 is 22.5 Å². The Morgan fingerprint density at radius 3 is 2.77 bits per heavy atom. The molecule has 0 radical (unpaired) electrons. The molecule has 3 aromatic heterocycles. The van der Waals surface area contributed by atoms with Crippen LogP contribution in [0.1, 0.15) is 72.9 Å². The number of pyridine rings is 1. The van der Waals surface area contributed by atoms with E-state index in [9.17, 15) is 18.0 Å². The second-order valence-electron chi connectivity index (χ2n) is 8.15. The highest BCUT2D eigenvalue weighted by atomic mass is 19.4. The Hall–Kier alpha value is -2.91. The van der Waals surface area contributed by atoms with Crippen LogP contribution in [0.3, 0.4) is 0 Å². The Labute approximate surface area is 177 Å². The fourth-order valence-corrected chi connectivity index (χ4v) is 4.01. The van der Waals surface area contributed by atoms with Gasteiger partial charge >= 0.3 is 6.18 Å². The molecule has 0 spiro atoms. The van der Waals surface area contributed by atoms with Gasteiger partial charge in [0.1, 0.15) is 0 Å². The summed E-state index contributed by atoms with van der Waals surface area (Å²) in [5.41, 5.74) is 0.0816. The zero-order chi connectivity index (χ0) is 22.3. The van der Waals surface area contributed by atoms with Gasteiger partial charge in [0.25, 0.3) is 11.6 Å². The molecule has 7 nitrogen and oxygen atoms in total. The minimum absolute atomic E-state index is 0.100. The van der Waals surface area contributed by atoms with Gasteiger partial charge in [-0.3, -0.25) is 9.48 Å². The molecule has 31 heavy (non-hydrogen) atoms. The molecular formula is C21H24F3N5O2. The minimum atomic E-state index is -4.55. The zero-order valence-electron chi connectivity index (χ0n) is 17.6. The molecule has 0 unspecified atom stereocenters. The second-order valence-corrected chi connectivity index (χ2v) is 8.15. The predicted octanol–water partition coefficient (Wildman–Crippen LogP) is 4.60. The van der Waals surface area contributed by atoms with Crippen LogP contribution in [0.2, 0.25) is 0 Å². The van der Waals surface area contributed by atoms with Crippen LogP contribution in [0.4, 0.5) is 13.2 Å². The number of halogens is 3. The standard InChI is InChI=1S/C21H24F3N5O2/c1-4-15-8-16(21(22,23)24)17-18(27-31-19(17)26-15)13-6-5-7-28(10-13)20(30)14-9-25-29(11-14)12(2)3/h8-9,11-13H,4-7,10H2,1-3H3/t13-/m1/s1. The van der Waals surface area contributed by atoms with E-state index in [0.717, 1.165) is 6.07 Å². The van der Waals surface area contributed by atoms with E-state index in [4.69, 9.17) is 4.52 Å². The number of likely N-dealkylation sites (tertiary alicyclic amines) is 1. The molecule has 0 bridgehead atoms. The van der Waals surface area contributed by atoms with Crippen LogP contribution >= 0.6 is 0 Å². The molecule has 1 atom stereocenters. The molecule has 1 fully saturated rings. The molecule has 1 aliphatic rings. The van der Waals surface area contributed by atoms with E-state index in [2.05, 4.69) is 15.2 Å². The van der Waals surface area contributed by atoms with Crippen LogP contribution in [0.15, 0.2) is 23.0 Å². The lowest BCUT2D eigenvalue weighted by atomic mass is 9.91. The third-order valence-corrected chi connectivity index (χ3v) is 5.67. The number of aromatic nitrogens is 4. The van der Waals surface area contributed by atoms with E-state index in [-0.39, 0.29) is 41.2 Å². The van der Waals surface area contributed by atoms with Crippen molar-refractivity contribution in [2.75, 3.05) is 13.1 Å². The topological polar surface area (TPSA) is 77.0 Å². The summed E-state index contributed by atoms with van der Waals surface area (Å²) in [6, 6.07) is 1.19. The summed E-state index contributed by atoms with van der Waals surface area (Å²) in [5.74, 6) is -0.554. The Morgan fingerprint density at radius 2 is 2.13 bits per heavy atom. The van der Waals surface area contributed by atoms with Crippen molar-refractivity contribution in [1.29, 1.82) is 0 Å². The molecule has 0 saturated carbocycles. The molecule has 0 N–H and O–H groups in total. The lowest BCUT2D eigenvalue weighted by Crippen LogP contribution is -2.39. The van der Waals surface area contributed by atoms with E-state index in [1.165, 1.54) is 6.20 Å². The minimum Gasteiger partial charge on any atom is -0.338 e. The number of aryl methyl sites for hydroxylation is 1. The van der Waals surface area contributed by atoms with Gasteiger partial charge in [0.05, 0.1) is 28.4 Å². The van der Waals surface area contributed by atoms with Crippen LogP contribution in [-0.2, 0) is 12.6 Å². The van der Waals surface area contributed by atoms with Crippen LogP contribution in [0, 0.1) is 0 Å². The first kappa shape index (κ1) is 21.3. The third-order valence-electron chi connectivity index (χ3n) is 5.67. The summed E-state index contributed by atoms with van der Waals surface area (Å²) in [4.78, 5) is 18.8. The molecule has 4 heterocycles. The highest BCUT2D eigenvalue weighted by Gasteiger charge is 2.38. The molecule has 166 valence electrons. The first-order valence-electron chi connectivity index (χ1n) is 10.4. The predicted molar refractivity (Wildman–Crippen MR) is 107 cm³/mol. The van der Waals surface area contributed by atoms with Gasteiger partial charge in [-0.25, -0.2) is 4.98 Å². The first-order valence-corrected chi connectivity index (χ1v) is 10.4. The second kappa shape index (κ2) is 7.97. The van der Waals surface area contributed by atoms with E-state index in [0.29, 0.717) is 37.1 Å². The van der Waals surface area contributed by atoms with Crippen molar-refractivity contribution in [2.45, 2.75) is 58.2 Å². The molecule has 10 heteroatoms. The summed E-state index contributed by atoms with van der Waals surface area (Å²) in [5, 5.41) is 8.08. The maximum atomic E-state index is 13.8. The Kier molecular flexibility index (Phi) is 5.49. The van der Waals surface area contributed by atoms with Gasteiger partial charge in [0, 0.05) is 36.9 Å². The molecule has 3 aromatic rings. The number of alkyl halides is 3. The van der Waals surface area contributed by atoms with Gasteiger partial charge in [-0.1, -0.05) is 12.1 Å². The molecule has 1 amide bonds. The lowest BCUT2D eigenvalue weighted by Gasteiger charge is -2.31. The van der Waals surface area contributed by atoms with Crippen molar-refractivity contribution in [2.24, 2.45) is 0 Å². The molecule has 1 saturated heterocycles. The number of nitrogens with zero attached hydrogens (tertiary/aromatic N) is 5. The number of hydrogen-bond donors (Lipinski definition) is 0. The number of piperidine rings is 1. The molecule has 1 aliphatic heterocycles. The summed E-state index contributed by atoms with van der Waals surface area (Å²) in [7, 11) is 0. The molecule has 4 rings (SSSR count). The van der Waals surface area contributed by atoms with Crippen molar-refractivity contribution in [3.05, 3.63) is 41.0 Å². The van der Waals surface area contributed by atoms with Gasteiger partial charge in [-0.05, 0) is 39.2 Å². The normalized spacial score (nSPS) is 17.6. The average molecular weight is 435 g/mol. The van der Waals surface area contributed by atoms with Gasteiger partial charge in [0.2, 0.25) is 0 Å². The number of hydrogen-bond acceptors (Lipinski definition) is 5. The van der Waals surface area contributed by atoms with Crippen molar-refractivity contribution >= 4 is 17.0 Å². The SMILES string of the molecule is CCc1cc(C(F)(F)F)c2c([C@@H]3CCCN(C(=O)c4cnn(C(C)C)c4)C3)noc2n1. The lowest BCUT2D eigenvalue weighted by molar-refractivity contribution is -0.136. The van der Waals surface area contributed by atoms with E-state index in [1.807, 2.05) is 13.8 Å². The van der Waals surface area contributed by atoms with Gasteiger partial charge in [-0.15, -0.1) is 0 Å². The fraction of sp³-hybridized carbons (Fsp3) is 0.524. The Bertz CT molecular complexity index is 1100. The number of carbonyl (C=O) groups excluding carboxylic acids is 1. The van der Waals surface area contributed by atoms with Gasteiger partial charge in [-0.2, -0.15) is 18.3 Å². The zero-order valence-corrected chi connectivity index (χ0v) is 17.6. The monoisotopic (exact) mass is 435 g/mol. The number of amides is 1. The number of rotatable bonds is 4. The Balaban J connectivity index is 1.66. The largest absolute Gasteiger partial charge is 0.417 e. The van der Waals surface area contributed by atoms with Crippen LogP contribution in [0.5, 0.6) is 0 Å². The fourth-order valence-electron chi connectivity index (χ4n) is 4.01. The summed E-state index contributed by atoms with van der Waals surface area (Å²) >= 11 is 0. The molecular weight excluding hydrogens is 411 g/mol. The van der Waals surface area contributed by atoms with Gasteiger partial charge < -0.3 is 9.42 Å². The quantitative estimate of drug-likeness (QED) is 0.599. The number of carbonyl (C=O) groups is 1. The first-order chi connectivity index (χ1) is 14.7. The van der Waals surface area contributed by atoms with Gasteiger partial charge in [0.15, 0.2) is 0 Å². The van der Waals surface area contributed by atoms with Crippen LogP contribution in [0.25, 0.3) is 11.1 Å². The smallest absolute Gasteiger partial charge is 0.338 e. The molecule has 0 aliphatic carbocycles. The van der Waals surface area contributed by atoms with E-state index in [1.54, 1.807) is 22.7 Å². The summed E-state index contributed by atoms with van der Waals surface area (Å²) in [6.45, 7) is 6.45. The van der Waals surface area contributed by atoms with E-state index < -0.39 is 11.7 Å². The van der Waals surface area contributed by atoms with Crippen molar-refractivity contribution in [1.82, 2.24) is 24.8 Å². The van der Waals surface area contributed by atoms with Crippen molar-refractivity contribution in [3.63, 3.8) is 0 Å². The maximum absolute atomic E-state index is 13.8. The summed E-state index contributed by atoms with van der Waals surface area (Å²) < 4.78 is 48.3. The maximum Gasteiger partial charge on any atom is 0.417 e.